The summed E-state index contributed by atoms with van der Waals surface area (Å²) in [5.74, 6) is 0.582. The second-order valence-corrected chi connectivity index (χ2v) is 5.76. The van der Waals surface area contributed by atoms with Crippen molar-refractivity contribution in [3.05, 3.63) is 65.1 Å². The fraction of sp³-hybridized carbons (Fsp3) is 0.316. The van der Waals surface area contributed by atoms with Crippen molar-refractivity contribution in [1.82, 2.24) is 10.6 Å². The van der Waals surface area contributed by atoms with Crippen LogP contribution in [0.4, 0.5) is 0 Å². The van der Waals surface area contributed by atoms with Crippen molar-refractivity contribution in [3.63, 3.8) is 0 Å². The molecule has 1 aliphatic rings. The Morgan fingerprint density at radius 3 is 2.58 bits per heavy atom. The molecule has 0 amide bonds. The van der Waals surface area contributed by atoms with Crippen molar-refractivity contribution in [2.24, 2.45) is 10.7 Å². The van der Waals surface area contributed by atoms with E-state index in [1.807, 2.05) is 19.1 Å². The van der Waals surface area contributed by atoms with Crippen molar-refractivity contribution >= 4 is 11.5 Å². The molecule has 5 nitrogen and oxygen atoms in total. The van der Waals surface area contributed by atoms with Gasteiger partial charge < -0.3 is 21.1 Å². The molecule has 4 N–H and O–H groups in total. The summed E-state index contributed by atoms with van der Waals surface area (Å²) in [6, 6.07) is 8.41. The van der Waals surface area contributed by atoms with Crippen LogP contribution in [-0.4, -0.2) is 18.7 Å². The smallest absolute Gasteiger partial charge is 0.247 e. The van der Waals surface area contributed by atoms with E-state index in [9.17, 15) is 0 Å². The Morgan fingerprint density at radius 1 is 1.25 bits per heavy atom. The first kappa shape index (κ1) is 17.7. The molecule has 1 aliphatic heterocycles. The molecule has 1 atom stereocenters. The van der Waals surface area contributed by atoms with E-state index in [4.69, 9.17) is 10.5 Å². The third-order valence-electron chi connectivity index (χ3n) is 3.62. The molecule has 0 saturated heterocycles. The number of amidine groups is 1. The maximum Gasteiger partial charge on any atom is 0.247 e. The molecular formula is C19H26N4O. The minimum atomic E-state index is -0.296. The van der Waals surface area contributed by atoms with Crippen molar-refractivity contribution in [2.45, 2.75) is 34.0 Å². The van der Waals surface area contributed by atoms with E-state index in [-0.39, 0.29) is 6.35 Å². The number of nitrogens with zero attached hydrogens (tertiary/aromatic N) is 1. The minimum absolute atomic E-state index is 0.296. The zero-order chi connectivity index (χ0) is 17.5. The van der Waals surface area contributed by atoms with Crippen LogP contribution in [0.3, 0.4) is 0 Å². The third-order valence-corrected chi connectivity index (χ3v) is 3.62. The summed E-state index contributed by atoms with van der Waals surface area (Å²) in [5, 5.41) is 6.76. The highest BCUT2D eigenvalue weighted by atomic mass is 16.5. The Hall–Kier alpha value is -2.69. The van der Waals surface area contributed by atoms with E-state index in [1.54, 1.807) is 13.2 Å². The Labute approximate surface area is 144 Å². The third kappa shape index (κ3) is 4.65. The van der Waals surface area contributed by atoms with Crippen molar-refractivity contribution in [1.29, 1.82) is 0 Å². The van der Waals surface area contributed by atoms with Gasteiger partial charge in [-0.2, -0.15) is 0 Å². The predicted molar refractivity (Wildman–Crippen MR) is 100.0 cm³/mol. The van der Waals surface area contributed by atoms with Gasteiger partial charge in [0.25, 0.3) is 0 Å². The number of ether oxygens (including phenoxy) is 1. The molecule has 24 heavy (non-hydrogen) atoms. The Bertz CT molecular complexity index is 680. The summed E-state index contributed by atoms with van der Waals surface area (Å²) < 4.78 is 5.63. The zero-order valence-corrected chi connectivity index (χ0v) is 14.8. The normalized spacial score (nSPS) is 18.8. The average molecular weight is 326 g/mol. The van der Waals surface area contributed by atoms with E-state index in [2.05, 4.69) is 53.7 Å². The topological polar surface area (TPSA) is 71.7 Å². The Morgan fingerprint density at radius 2 is 1.96 bits per heavy atom. The number of benzene rings is 1. The number of nitrogens with one attached hydrogen (secondary N) is 2. The molecule has 1 heterocycles. The zero-order valence-electron chi connectivity index (χ0n) is 14.8. The number of aryl methyl sites for hydroxylation is 1. The highest BCUT2D eigenvalue weighted by Gasteiger charge is 2.24. The molecule has 0 bridgehead atoms. The molecule has 0 aliphatic carbocycles. The summed E-state index contributed by atoms with van der Waals surface area (Å²) >= 11 is 0. The number of rotatable bonds is 6. The molecule has 1 unspecified atom stereocenters. The van der Waals surface area contributed by atoms with Gasteiger partial charge in [-0.25, -0.2) is 0 Å². The fourth-order valence-corrected chi connectivity index (χ4v) is 2.36. The van der Waals surface area contributed by atoms with Crippen LogP contribution in [0.2, 0.25) is 0 Å². The van der Waals surface area contributed by atoms with E-state index in [1.165, 1.54) is 5.56 Å². The lowest BCUT2D eigenvalue weighted by Gasteiger charge is -2.13. The van der Waals surface area contributed by atoms with E-state index in [0.29, 0.717) is 12.4 Å². The maximum atomic E-state index is 5.63. The molecule has 0 radical (unpaired) electrons. The first-order valence-electron chi connectivity index (χ1n) is 8.06. The van der Waals surface area contributed by atoms with Gasteiger partial charge in [0.05, 0.1) is 30.0 Å². The van der Waals surface area contributed by atoms with E-state index < -0.39 is 0 Å². The standard InChI is InChI=1S/C19H26N4O/c1-5-12-24-19-22-17(14(3)10-11-21-15(4)20)18(23-19)16-8-6-13(2)7-9-16/h5-10,12,19,22-23H,11H2,1-4H3,(H2,20,21)/b12-5-,14-10+. The molecule has 128 valence electrons. The lowest BCUT2D eigenvalue weighted by Crippen LogP contribution is -2.34. The predicted octanol–water partition coefficient (Wildman–Crippen LogP) is 3.01. The van der Waals surface area contributed by atoms with Gasteiger partial charge in [-0.1, -0.05) is 42.0 Å². The van der Waals surface area contributed by atoms with E-state index >= 15 is 0 Å². The quantitative estimate of drug-likeness (QED) is 0.427. The molecule has 2 rings (SSSR count). The lowest BCUT2D eigenvalue weighted by atomic mass is 10.1. The van der Waals surface area contributed by atoms with Gasteiger partial charge in [-0.05, 0) is 38.8 Å². The summed E-state index contributed by atoms with van der Waals surface area (Å²) in [7, 11) is 0. The van der Waals surface area contributed by atoms with Crippen LogP contribution in [-0.2, 0) is 4.74 Å². The first-order valence-corrected chi connectivity index (χ1v) is 8.06. The van der Waals surface area contributed by atoms with Crippen molar-refractivity contribution in [2.75, 3.05) is 6.54 Å². The molecule has 1 aromatic carbocycles. The molecule has 1 aromatic rings. The Balaban J connectivity index is 2.29. The monoisotopic (exact) mass is 326 g/mol. The summed E-state index contributed by atoms with van der Waals surface area (Å²) in [4.78, 5) is 4.22. The van der Waals surface area contributed by atoms with Gasteiger partial charge in [-0.15, -0.1) is 0 Å². The maximum absolute atomic E-state index is 5.63. The molecule has 0 fully saturated rings. The first-order chi connectivity index (χ1) is 11.5. The fourth-order valence-electron chi connectivity index (χ4n) is 2.36. The van der Waals surface area contributed by atoms with Crippen LogP contribution in [0.15, 0.2) is 58.9 Å². The second kappa shape index (κ2) is 8.24. The largest absolute Gasteiger partial charge is 0.460 e. The highest BCUT2D eigenvalue weighted by Crippen LogP contribution is 2.25. The molecule has 0 saturated carbocycles. The number of nitrogens with two attached hydrogens (primary N) is 1. The number of hydrogen-bond acceptors (Lipinski definition) is 4. The van der Waals surface area contributed by atoms with Crippen LogP contribution in [0.5, 0.6) is 0 Å². The van der Waals surface area contributed by atoms with Crippen LogP contribution >= 0.6 is 0 Å². The Kier molecular flexibility index (Phi) is 6.07. The SMILES string of the molecule is C/C=C\OC1NC(/C(C)=C/CN=C(C)N)=C(c2ccc(C)cc2)N1. The van der Waals surface area contributed by atoms with Gasteiger partial charge in [0.15, 0.2) is 0 Å². The van der Waals surface area contributed by atoms with Gasteiger partial charge in [0.2, 0.25) is 6.35 Å². The van der Waals surface area contributed by atoms with Gasteiger partial charge in [0.1, 0.15) is 0 Å². The molecule has 0 spiro atoms. The lowest BCUT2D eigenvalue weighted by molar-refractivity contribution is 0.116. The van der Waals surface area contributed by atoms with Crippen LogP contribution in [0.25, 0.3) is 5.70 Å². The van der Waals surface area contributed by atoms with Gasteiger partial charge >= 0.3 is 0 Å². The van der Waals surface area contributed by atoms with Crippen LogP contribution < -0.4 is 16.4 Å². The summed E-state index contributed by atoms with van der Waals surface area (Å²) in [6.45, 7) is 8.40. The summed E-state index contributed by atoms with van der Waals surface area (Å²) in [5.41, 5.74) is 11.1. The number of hydrogen-bond donors (Lipinski definition) is 3. The molecule has 5 heteroatoms. The minimum Gasteiger partial charge on any atom is -0.460 e. The molecule has 0 aromatic heterocycles. The van der Waals surface area contributed by atoms with Crippen molar-refractivity contribution in [3.8, 4) is 0 Å². The number of aliphatic imine (C=N–C) groups is 1. The highest BCUT2D eigenvalue weighted by molar-refractivity contribution is 5.77. The average Bonchev–Trinajstić information content (AvgIpc) is 2.97. The van der Waals surface area contributed by atoms with Gasteiger partial charge in [-0.3, -0.25) is 4.99 Å². The van der Waals surface area contributed by atoms with Crippen LogP contribution in [0, 0.1) is 6.92 Å². The molecular weight excluding hydrogens is 300 g/mol. The summed E-state index contributed by atoms with van der Waals surface area (Å²) in [6.07, 6.45) is 5.28. The van der Waals surface area contributed by atoms with Crippen LogP contribution in [0.1, 0.15) is 31.9 Å². The second-order valence-electron chi connectivity index (χ2n) is 5.76. The van der Waals surface area contributed by atoms with Crippen molar-refractivity contribution < 1.29 is 4.74 Å². The van der Waals surface area contributed by atoms with E-state index in [0.717, 1.165) is 22.5 Å². The van der Waals surface area contributed by atoms with Gasteiger partial charge in [0, 0.05) is 0 Å². The number of allylic oxidation sites excluding steroid dienone is 2.